The highest BCUT2D eigenvalue weighted by molar-refractivity contribution is 9.10. The van der Waals surface area contributed by atoms with Crippen LogP contribution in [-0.2, 0) is 0 Å². The smallest absolute Gasteiger partial charge is 0.343 e. The van der Waals surface area contributed by atoms with E-state index < -0.39 is 11.9 Å². The number of esters is 1. The minimum absolute atomic E-state index is 0.344. The maximum atomic E-state index is 12.1. The zero-order valence-electron chi connectivity index (χ0n) is 14.4. The highest BCUT2D eigenvalue weighted by Crippen LogP contribution is 2.16. The number of rotatable bonds is 5. The summed E-state index contributed by atoms with van der Waals surface area (Å²) in [6.07, 6.45) is 1.48. The minimum Gasteiger partial charge on any atom is -0.423 e. The first-order valence-electron chi connectivity index (χ1n) is 8.19. The molecule has 0 fully saturated rings. The molecule has 140 valence electrons. The van der Waals surface area contributed by atoms with Gasteiger partial charge in [-0.25, -0.2) is 10.2 Å². The summed E-state index contributed by atoms with van der Waals surface area (Å²) >= 11 is 9.29. The molecular formula is C21H14BrClN2O3. The third-order valence-electron chi connectivity index (χ3n) is 3.67. The second-order valence-corrected chi connectivity index (χ2v) is 6.97. The molecule has 0 saturated carbocycles. The van der Waals surface area contributed by atoms with E-state index in [2.05, 4.69) is 26.5 Å². The van der Waals surface area contributed by atoms with Crippen LogP contribution in [0.25, 0.3) is 0 Å². The molecule has 0 aromatic heterocycles. The van der Waals surface area contributed by atoms with Crippen LogP contribution in [0.5, 0.6) is 5.75 Å². The summed E-state index contributed by atoms with van der Waals surface area (Å²) in [5.41, 5.74) is 3.94. The van der Waals surface area contributed by atoms with Gasteiger partial charge in [-0.05, 0) is 66.2 Å². The molecule has 0 bridgehead atoms. The molecule has 0 aliphatic heterocycles. The summed E-state index contributed by atoms with van der Waals surface area (Å²) in [4.78, 5) is 24.1. The van der Waals surface area contributed by atoms with E-state index in [1.165, 1.54) is 6.21 Å². The highest BCUT2D eigenvalue weighted by Gasteiger charge is 2.09. The quantitative estimate of drug-likeness (QED) is 0.251. The summed E-state index contributed by atoms with van der Waals surface area (Å²) in [5.74, 6) is -0.437. The number of hydrazone groups is 1. The van der Waals surface area contributed by atoms with Gasteiger partial charge >= 0.3 is 5.97 Å². The van der Waals surface area contributed by atoms with Crippen molar-refractivity contribution in [3.8, 4) is 5.75 Å². The van der Waals surface area contributed by atoms with Crippen LogP contribution in [0.2, 0.25) is 5.02 Å². The van der Waals surface area contributed by atoms with E-state index in [0.717, 1.165) is 10.0 Å². The molecular weight excluding hydrogens is 444 g/mol. The fourth-order valence-corrected chi connectivity index (χ4v) is 2.73. The zero-order valence-corrected chi connectivity index (χ0v) is 16.8. The van der Waals surface area contributed by atoms with Gasteiger partial charge in [0.15, 0.2) is 0 Å². The van der Waals surface area contributed by atoms with Gasteiger partial charge in [-0.3, -0.25) is 4.79 Å². The Labute approximate surface area is 175 Å². The van der Waals surface area contributed by atoms with Crippen molar-refractivity contribution in [1.29, 1.82) is 0 Å². The van der Waals surface area contributed by atoms with Gasteiger partial charge in [0.1, 0.15) is 5.75 Å². The lowest BCUT2D eigenvalue weighted by Crippen LogP contribution is -2.17. The summed E-state index contributed by atoms with van der Waals surface area (Å²) < 4.78 is 6.21. The third-order valence-corrected chi connectivity index (χ3v) is 4.53. The largest absolute Gasteiger partial charge is 0.423 e. The van der Waals surface area contributed by atoms with Crippen molar-refractivity contribution >= 4 is 45.6 Å². The molecule has 0 atom stereocenters. The van der Waals surface area contributed by atoms with Crippen LogP contribution in [0, 0.1) is 0 Å². The number of carbonyl (C=O) groups is 2. The van der Waals surface area contributed by atoms with Crippen molar-refractivity contribution in [2.45, 2.75) is 0 Å². The van der Waals surface area contributed by atoms with Crippen molar-refractivity contribution < 1.29 is 14.3 Å². The summed E-state index contributed by atoms with van der Waals surface area (Å²) in [6.45, 7) is 0. The maximum absolute atomic E-state index is 12.1. The van der Waals surface area contributed by atoms with E-state index in [1.54, 1.807) is 72.8 Å². The Morgan fingerprint density at radius 2 is 1.64 bits per heavy atom. The molecule has 0 unspecified atom stereocenters. The average Bonchev–Trinajstić information content (AvgIpc) is 2.70. The number of nitrogens with zero attached hydrogens (tertiary/aromatic N) is 1. The standard InChI is InChI=1S/C21H14BrClN2O3/c22-16-9-7-15(8-10-16)21(27)28-17-11-5-14(6-12-17)13-24-25-20(26)18-3-1-2-4-19(18)23/h1-13H,(H,25,26)/b24-13-. The number of hydrogen-bond acceptors (Lipinski definition) is 4. The minimum atomic E-state index is -0.444. The number of amides is 1. The number of hydrogen-bond donors (Lipinski definition) is 1. The Hall–Kier alpha value is -2.96. The van der Waals surface area contributed by atoms with Crippen LogP contribution in [-0.4, -0.2) is 18.1 Å². The molecule has 5 nitrogen and oxygen atoms in total. The van der Waals surface area contributed by atoms with Gasteiger partial charge in [0.25, 0.3) is 5.91 Å². The highest BCUT2D eigenvalue weighted by atomic mass is 79.9. The Morgan fingerprint density at radius 1 is 0.964 bits per heavy atom. The number of halogens is 2. The molecule has 28 heavy (non-hydrogen) atoms. The normalized spacial score (nSPS) is 10.6. The molecule has 0 spiro atoms. The molecule has 3 aromatic carbocycles. The predicted molar refractivity (Wildman–Crippen MR) is 112 cm³/mol. The maximum Gasteiger partial charge on any atom is 0.343 e. The molecule has 0 radical (unpaired) electrons. The lowest BCUT2D eigenvalue weighted by molar-refractivity contribution is 0.0734. The van der Waals surface area contributed by atoms with Crippen molar-refractivity contribution in [2.24, 2.45) is 5.10 Å². The topological polar surface area (TPSA) is 67.8 Å². The Morgan fingerprint density at radius 3 is 2.32 bits per heavy atom. The van der Waals surface area contributed by atoms with Crippen LogP contribution in [0.1, 0.15) is 26.3 Å². The molecule has 1 N–H and O–H groups in total. The average molecular weight is 458 g/mol. The first-order valence-corrected chi connectivity index (χ1v) is 9.36. The molecule has 0 heterocycles. The van der Waals surface area contributed by atoms with E-state index in [1.807, 2.05) is 0 Å². The van der Waals surface area contributed by atoms with Crippen molar-refractivity contribution in [3.63, 3.8) is 0 Å². The van der Waals surface area contributed by atoms with E-state index in [4.69, 9.17) is 16.3 Å². The lowest BCUT2D eigenvalue weighted by atomic mass is 10.2. The Bertz CT molecular complexity index is 1020. The molecule has 3 aromatic rings. The van der Waals surface area contributed by atoms with Crippen LogP contribution in [0.15, 0.2) is 82.4 Å². The van der Waals surface area contributed by atoms with Gasteiger partial charge in [-0.1, -0.05) is 39.7 Å². The monoisotopic (exact) mass is 456 g/mol. The number of nitrogens with one attached hydrogen (secondary N) is 1. The first kappa shape index (κ1) is 19.8. The Kier molecular flexibility index (Phi) is 6.57. The molecule has 7 heteroatoms. The summed E-state index contributed by atoms with van der Waals surface area (Å²) in [5, 5.41) is 4.26. The first-order chi connectivity index (χ1) is 13.5. The van der Waals surface area contributed by atoms with Gasteiger partial charge < -0.3 is 4.74 Å². The molecule has 0 aliphatic rings. The number of benzene rings is 3. The van der Waals surface area contributed by atoms with Crippen molar-refractivity contribution in [1.82, 2.24) is 5.43 Å². The summed E-state index contributed by atoms with van der Waals surface area (Å²) in [6, 6.07) is 20.3. The Balaban J connectivity index is 1.57. The molecule has 3 rings (SSSR count). The molecule has 1 amide bonds. The van der Waals surface area contributed by atoms with E-state index >= 15 is 0 Å². The fraction of sp³-hybridized carbons (Fsp3) is 0. The zero-order chi connectivity index (χ0) is 19.9. The van der Waals surface area contributed by atoms with Crippen LogP contribution < -0.4 is 10.2 Å². The van der Waals surface area contributed by atoms with Crippen molar-refractivity contribution in [2.75, 3.05) is 0 Å². The fourth-order valence-electron chi connectivity index (χ4n) is 2.24. The molecule has 0 saturated heterocycles. The van der Waals surface area contributed by atoms with Crippen LogP contribution >= 0.6 is 27.5 Å². The van der Waals surface area contributed by atoms with Crippen molar-refractivity contribution in [3.05, 3.63) is 99.0 Å². The van der Waals surface area contributed by atoms with E-state index in [9.17, 15) is 9.59 Å². The lowest BCUT2D eigenvalue weighted by Gasteiger charge is -2.05. The van der Waals surface area contributed by atoms with Gasteiger partial charge in [-0.2, -0.15) is 5.10 Å². The van der Waals surface area contributed by atoms with Gasteiger partial charge in [0.2, 0.25) is 0 Å². The van der Waals surface area contributed by atoms with Crippen LogP contribution in [0.3, 0.4) is 0 Å². The second kappa shape index (κ2) is 9.30. The SMILES string of the molecule is O=C(Oc1ccc(/C=N\NC(=O)c2ccccc2Cl)cc1)c1ccc(Br)cc1. The number of carbonyl (C=O) groups excluding carboxylic acids is 2. The van der Waals surface area contributed by atoms with Gasteiger partial charge in [0.05, 0.1) is 22.4 Å². The predicted octanol–water partition coefficient (Wildman–Crippen LogP) is 5.09. The third kappa shape index (κ3) is 5.28. The van der Waals surface area contributed by atoms with Gasteiger partial charge in [0, 0.05) is 4.47 Å². The van der Waals surface area contributed by atoms with Crippen LogP contribution in [0.4, 0.5) is 0 Å². The van der Waals surface area contributed by atoms with Gasteiger partial charge in [-0.15, -0.1) is 0 Å². The van der Waals surface area contributed by atoms with E-state index in [-0.39, 0.29) is 0 Å². The number of ether oxygens (including phenoxy) is 1. The summed E-state index contributed by atoms with van der Waals surface area (Å²) in [7, 11) is 0. The molecule has 0 aliphatic carbocycles. The van der Waals surface area contributed by atoms with E-state index in [0.29, 0.717) is 21.9 Å². The second-order valence-electron chi connectivity index (χ2n) is 5.64.